The van der Waals surface area contributed by atoms with E-state index in [4.69, 9.17) is 17.3 Å². The number of benzene rings is 1. The first kappa shape index (κ1) is 13.0. The van der Waals surface area contributed by atoms with E-state index < -0.39 is 11.7 Å². The van der Waals surface area contributed by atoms with Gasteiger partial charge in [0.25, 0.3) is 0 Å². The van der Waals surface area contributed by atoms with Crippen molar-refractivity contribution in [2.24, 2.45) is 0 Å². The largest absolute Gasteiger partial charge is 0.416 e. The number of halogens is 4. The summed E-state index contributed by atoms with van der Waals surface area (Å²) in [6.45, 7) is 3.71. The molecule has 0 saturated carbocycles. The van der Waals surface area contributed by atoms with E-state index in [2.05, 4.69) is 4.98 Å². The lowest BCUT2D eigenvalue weighted by atomic mass is 10.2. The molecule has 98 valence electrons. The Kier molecular flexibility index (Phi) is 2.93. The van der Waals surface area contributed by atoms with Crippen molar-refractivity contribution in [3.05, 3.63) is 22.7 Å². The second-order valence-corrected chi connectivity index (χ2v) is 4.66. The highest BCUT2D eigenvalue weighted by molar-refractivity contribution is 6.35. The van der Waals surface area contributed by atoms with Gasteiger partial charge in [0.05, 0.1) is 21.6 Å². The monoisotopic (exact) mass is 277 g/mol. The molecule has 0 bridgehead atoms. The number of fused-ring (bicyclic) bond motifs is 1. The molecule has 0 aliphatic heterocycles. The summed E-state index contributed by atoms with van der Waals surface area (Å²) in [6, 6.07) is 1.81. The maximum Gasteiger partial charge on any atom is 0.416 e. The molecule has 2 aromatic rings. The van der Waals surface area contributed by atoms with Crippen molar-refractivity contribution in [3.63, 3.8) is 0 Å². The molecule has 0 aliphatic carbocycles. The summed E-state index contributed by atoms with van der Waals surface area (Å²) in [6.07, 6.45) is -4.45. The Bertz CT molecular complexity index is 602. The molecular formula is C11H11ClF3N3. The molecule has 0 fully saturated rings. The van der Waals surface area contributed by atoms with Gasteiger partial charge in [0.1, 0.15) is 0 Å². The smallest absolute Gasteiger partial charge is 0.369 e. The second kappa shape index (κ2) is 4.05. The van der Waals surface area contributed by atoms with Crippen LogP contribution in [0.15, 0.2) is 12.1 Å². The van der Waals surface area contributed by atoms with Crippen LogP contribution in [0.25, 0.3) is 11.0 Å². The summed E-state index contributed by atoms with van der Waals surface area (Å²) in [4.78, 5) is 3.93. The van der Waals surface area contributed by atoms with Crippen molar-refractivity contribution in [3.8, 4) is 0 Å². The van der Waals surface area contributed by atoms with Crippen LogP contribution in [0.5, 0.6) is 0 Å². The molecule has 0 saturated heterocycles. The first-order chi connectivity index (χ1) is 8.21. The lowest BCUT2D eigenvalue weighted by Crippen LogP contribution is -2.07. The predicted molar refractivity (Wildman–Crippen MR) is 64.5 cm³/mol. The van der Waals surface area contributed by atoms with E-state index in [-0.39, 0.29) is 22.5 Å². The number of imidazole rings is 1. The highest BCUT2D eigenvalue weighted by atomic mass is 35.5. The van der Waals surface area contributed by atoms with Crippen LogP contribution in [-0.4, -0.2) is 9.55 Å². The van der Waals surface area contributed by atoms with Gasteiger partial charge in [-0.15, -0.1) is 0 Å². The summed E-state index contributed by atoms with van der Waals surface area (Å²) in [7, 11) is 0. The Morgan fingerprint density at radius 1 is 1.33 bits per heavy atom. The van der Waals surface area contributed by atoms with Crippen molar-refractivity contribution in [1.82, 2.24) is 9.55 Å². The molecule has 3 nitrogen and oxygen atoms in total. The number of nitrogens with two attached hydrogens (primary N) is 1. The maximum atomic E-state index is 12.6. The third-order valence-electron chi connectivity index (χ3n) is 2.61. The molecule has 0 aliphatic rings. The Labute approximate surface area is 106 Å². The molecular weight excluding hydrogens is 267 g/mol. The van der Waals surface area contributed by atoms with Crippen molar-refractivity contribution >= 4 is 28.6 Å². The van der Waals surface area contributed by atoms with E-state index >= 15 is 0 Å². The van der Waals surface area contributed by atoms with Gasteiger partial charge in [0, 0.05) is 6.04 Å². The number of nitrogen functional groups attached to an aromatic ring is 1. The first-order valence-electron chi connectivity index (χ1n) is 5.26. The molecule has 1 aromatic heterocycles. The zero-order chi connectivity index (χ0) is 13.7. The average Bonchev–Trinajstić information content (AvgIpc) is 2.53. The number of rotatable bonds is 1. The van der Waals surface area contributed by atoms with Crippen LogP contribution in [0, 0.1) is 0 Å². The second-order valence-electron chi connectivity index (χ2n) is 4.26. The summed E-state index contributed by atoms with van der Waals surface area (Å²) in [5, 5.41) is -0.00211. The minimum Gasteiger partial charge on any atom is -0.369 e. The Morgan fingerprint density at radius 3 is 2.44 bits per heavy atom. The molecule has 0 spiro atoms. The highest BCUT2D eigenvalue weighted by Crippen LogP contribution is 2.36. The third kappa shape index (κ3) is 2.01. The van der Waals surface area contributed by atoms with Gasteiger partial charge in [-0.05, 0) is 26.0 Å². The Morgan fingerprint density at radius 2 is 1.94 bits per heavy atom. The number of hydrogen-bond acceptors (Lipinski definition) is 2. The number of aromatic nitrogens is 2. The van der Waals surface area contributed by atoms with Crippen LogP contribution < -0.4 is 5.73 Å². The predicted octanol–water partition coefficient (Wildman–Crippen LogP) is 3.87. The molecule has 1 aromatic carbocycles. The number of anilines is 1. The number of nitrogens with zero attached hydrogens (tertiary/aromatic N) is 2. The number of hydrogen-bond donors (Lipinski definition) is 1. The number of alkyl halides is 3. The fourth-order valence-electron chi connectivity index (χ4n) is 1.89. The van der Waals surface area contributed by atoms with Crippen LogP contribution in [0.2, 0.25) is 5.02 Å². The summed E-state index contributed by atoms with van der Waals surface area (Å²) < 4.78 is 39.5. The van der Waals surface area contributed by atoms with Crippen LogP contribution in [0.4, 0.5) is 19.1 Å². The molecule has 7 heteroatoms. The van der Waals surface area contributed by atoms with Gasteiger partial charge in [0.15, 0.2) is 0 Å². The Balaban J connectivity index is 2.78. The van der Waals surface area contributed by atoms with Crippen molar-refractivity contribution in [2.45, 2.75) is 26.1 Å². The molecule has 0 atom stereocenters. The molecule has 0 unspecified atom stereocenters. The standard InChI is InChI=1S/C11H11ClF3N3/c1-5(2)18-9-7(12)3-6(11(13,14)15)4-8(9)17-10(18)16/h3-5H,1-2H3,(H2,16,17). The van der Waals surface area contributed by atoms with E-state index in [0.29, 0.717) is 5.52 Å². The Hall–Kier alpha value is -1.43. The van der Waals surface area contributed by atoms with Gasteiger partial charge in [-0.1, -0.05) is 11.6 Å². The lowest BCUT2D eigenvalue weighted by Gasteiger charge is -2.12. The molecule has 2 rings (SSSR count). The van der Waals surface area contributed by atoms with E-state index in [1.165, 1.54) is 0 Å². The van der Waals surface area contributed by atoms with Gasteiger partial charge in [-0.3, -0.25) is 0 Å². The quantitative estimate of drug-likeness (QED) is 0.860. The topological polar surface area (TPSA) is 43.8 Å². The van der Waals surface area contributed by atoms with E-state index in [1.807, 2.05) is 13.8 Å². The van der Waals surface area contributed by atoms with E-state index in [9.17, 15) is 13.2 Å². The third-order valence-corrected chi connectivity index (χ3v) is 2.90. The molecule has 1 heterocycles. The lowest BCUT2D eigenvalue weighted by molar-refractivity contribution is -0.137. The van der Waals surface area contributed by atoms with Crippen LogP contribution in [0.1, 0.15) is 25.5 Å². The van der Waals surface area contributed by atoms with Gasteiger partial charge >= 0.3 is 6.18 Å². The van der Waals surface area contributed by atoms with E-state index in [1.54, 1.807) is 4.57 Å². The van der Waals surface area contributed by atoms with Crippen molar-refractivity contribution < 1.29 is 13.2 Å². The normalized spacial score (nSPS) is 12.6. The summed E-state index contributed by atoms with van der Waals surface area (Å²) in [5.74, 6) is 0.154. The molecule has 18 heavy (non-hydrogen) atoms. The molecule has 2 N–H and O–H groups in total. The SMILES string of the molecule is CC(C)n1c(N)nc2cc(C(F)(F)F)cc(Cl)c21. The zero-order valence-electron chi connectivity index (χ0n) is 9.72. The summed E-state index contributed by atoms with van der Waals surface area (Å²) in [5.41, 5.74) is 5.45. The highest BCUT2D eigenvalue weighted by Gasteiger charge is 2.32. The zero-order valence-corrected chi connectivity index (χ0v) is 10.5. The minimum absolute atomic E-state index is 0.00211. The molecule has 0 amide bonds. The van der Waals surface area contributed by atoms with Crippen molar-refractivity contribution in [1.29, 1.82) is 0 Å². The van der Waals surface area contributed by atoms with Gasteiger partial charge in [0.2, 0.25) is 5.95 Å². The van der Waals surface area contributed by atoms with Crippen LogP contribution in [-0.2, 0) is 6.18 Å². The average molecular weight is 278 g/mol. The minimum atomic E-state index is -4.45. The van der Waals surface area contributed by atoms with Crippen molar-refractivity contribution in [2.75, 3.05) is 5.73 Å². The van der Waals surface area contributed by atoms with Gasteiger partial charge in [-0.2, -0.15) is 13.2 Å². The van der Waals surface area contributed by atoms with Crippen LogP contribution >= 0.6 is 11.6 Å². The van der Waals surface area contributed by atoms with Crippen LogP contribution in [0.3, 0.4) is 0 Å². The summed E-state index contributed by atoms with van der Waals surface area (Å²) >= 11 is 5.91. The fourth-order valence-corrected chi connectivity index (χ4v) is 2.19. The molecule has 0 radical (unpaired) electrons. The van der Waals surface area contributed by atoms with Gasteiger partial charge < -0.3 is 10.3 Å². The van der Waals surface area contributed by atoms with E-state index in [0.717, 1.165) is 12.1 Å². The van der Waals surface area contributed by atoms with Gasteiger partial charge in [-0.25, -0.2) is 4.98 Å². The maximum absolute atomic E-state index is 12.6. The first-order valence-corrected chi connectivity index (χ1v) is 5.63. The fraction of sp³-hybridized carbons (Fsp3) is 0.364.